The van der Waals surface area contributed by atoms with Crippen molar-refractivity contribution in [1.29, 1.82) is 0 Å². The minimum Gasteiger partial charge on any atom is -0.494 e. The Balaban J connectivity index is 2.86. The number of benzene rings is 1. The van der Waals surface area contributed by atoms with Crippen LogP contribution in [0.15, 0.2) is 65.8 Å². The molecule has 0 aromatic heterocycles. The van der Waals surface area contributed by atoms with E-state index in [2.05, 4.69) is 32.6 Å². The average Bonchev–Trinajstić information content (AvgIpc) is 2.81. The fourth-order valence-corrected chi connectivity index (χ4v) is 3.61. The molecular weight excluding hydrogens is 394 g/mol. The van der Waals surface area contributed by atoms with Gasteiger partial charge in [-0.15, -0.1) is 6.58 Å². The van der Waals surface area contributed by atoms with E-state index in [-0.39, 0.29) is 11.7 Å². The Labute approximate surface area is 196 Å². The highest BCUT2D eigenvalue weighted by Crippen LogP contribution is 2.21. The van der Waals surface area contributed by atoms with Crippen molar-refractivity contribution >= 4 is 11.5 Å². The third-order valence-electron chi connectivity index (χ3n) is 5.97. The Morgan fingerprint density at radius 1 is 1.12 bits per heavy atom. The summed E-state index contributed by atoms with van der Waals surface area (Å²) in [5, 5.41) is 0. The summed E-state index contributed by atoms with van der Waals surface area (Å²) in [6.45, 7) is 14.8. The average molecular weight is 438 g/mol. The first-order chi connectivity index (χ1) is 15.5. The summed E-state index contributed by atoms with van der Waals surface area (Å²) in [6.07, 6.45) is 16.0. The Morgan fingerprint density at radius 3 is 2.41 bits per heavy atom. The van der Waals surface area contributed by atoms with Gasteiger partial charge >= 0.3 is 0 Å². The highest BCUT2D eigenvalue weighted by molar-refractivity contribution is 6.11. The molecule has 0 N–H and O–H groups in total. The lowest BCUT2D eigenvalue weighted by atomic mass is 9.95. The smallest absolute Gasteiger partial charge is 0.171 e. The zero-order chi connectivity index (χ0) is 23.8. The Kier molecular flexibility index (Phi) is 14.0. The van der Waals surface area contributed by atoms with E-state index in [1.165, 1.54) is 25.7 Å². The number of unbranched alkanes of at least 4 members (excludes halogenated alkanes) is 1. The van der Waals surface area contributed by atoms with Crippen LogP contribution in [0.3, 0.4) is 0 Å². The maximum Gasteiger partial charge on any atom is 0.171 e. The number of hydrogen-bond acceptors (Lipinski definition) is 3. The topological polar surface area (TPSA) is 38.7 Å². The number of carbonyl (C=O) groups is 1. The predicted molar refractivity (Wildman–Crippen MR) is 139 cm³/mol. The Bertz CT molecular complexity index is 767. The van der Waals surface area contributed by atoms with Gasteiger partial charge in [0.2, 0.25) is 0 Å². The lowest BCUT2D eigenvalue weighted by Crippen LogP contribution is -2.19. The fourth-order valence-electron chi connectivity index (χ4n) is 3.61. The van der Waals surface area contributed by atoms with Crippen LogP contribution in [0.25, 0.3) is 0 Å². The molecule has 0 saturated heterocycles. The molecule has 0 radical (unpaired) electrons. The Hall–Kier alpha value is -2.42. The number of aliphatic imine (C=N–C) groups is 1. The van der Waals surface area contributed by atoms with Crippen LogP contribution >= 0.6 is 0 Å². The molecule has 1 atom stereocenters. The minimum absolute atomic E-state index is 0.0876. The molecule has 0 amide bonds. The molecule has 0 bridgehead atoms. The van der Waals surface area contributed by atoms with Crippen molar-refractivity contribution in [3.8, 4) is 5.75 Å². The summed E-state index contributed by atoms with van der Waals surface area (Å²) >= 11 is 0. The van der Waals surface area contributed by atoms with E-state index in [9.17, 15) is 4.79 Å². The SMILES string of the molecule is C=CC/C=C\C=C(/CCCCC(CC)CC)N=C(C)C(C)C(=O)c1ccc(OCC)cc1. The molecule has 0 heterocycles. The molecule has 0 saturated carbocycles. The van der Waals surface area contributed by atoms with Crippen molar-refractivity contribution < 1.29 is 9.53 Å². The van der Waals surface area contributed by atoms with Crippen molar-refractivity contribution in [3.05, 3.63) is 66.4 Å². The van der Waals surface area contributed by atoms with Crippen LogP contribution in [0.2, 0.25) is 0 Å². The summed E-state index contributed by atoms with van der Waals surface area (Å²) in [5.41, 5.74) is 2.59. The number of rotatable bonds is 16. The number of Topliss-reactive ketones (excluding diaryl/α,β-unsaturated/α-hetero) is 1. The van der Waals surface area contributed by atoms with Crippen LogP contribution < -0.4 is 4.74 Å². The van der Waals surface area contributed by atoms with Crippen LogP contribution in [0.4, 0.5) is 0 Å². The molecule has 0 spiro atoms. The van der Waals surface area contributed by atoms with Gasteiger partial charge in [0.25, 0.3) is 0 Å². The maximum atomic E-state index is 13.0. The largest absolute Gasteiger partial charge is 0.494 e. The molecule has 3 heteroatoms. The second kappa shape index (κ2) is 16.2. The molecule has 176 valence electrons. The molecule has 0 aliphatic rings. The van der Waals surface area contributed by atoms with Gasteiger partial charge in [0.1, 0.15) is 5.75 Å². The first-order valence-electron chi connectivity index (χ1n) is 12.2. The molecular formula is C29H43NO2. The van der Waals surface area contributed by atoms with Gasteiger partial charge in [-0.1, -0.05) is 57.8 Å². The second-order valence-corrected chi connectivity index (χ2v) is 8.34. The standard InChI is InChI=1S/C29H43NO2/c1-7-11-12-13-17-27(18-15-14-16-25(8-2)9-3)30-24(6)23(5)29(31)26-19-21-28(22-20-26)32-10-4/h7,12-13,17,19-23,25H,1,8-11,14-16,18H2,2-6H3/b13-12-,27-17+,30-24?. The fraction of sp³-hybridized carbons (Fsp3) is 0.517. The summed E-state index contributed by atoms with van der Waals surface area (Å²) < 4.78 is 5.48. The van der Waals surface area contributed by atoms with Gasteiger partial charge in [-0.3, -0.25) is 9.79 Å². The van der Waals surface area contributed by atoms with Crippen molar-refractivity contribution in [2.75, 3.05) is 6.61 Å². The van der Waals surface area contributed by atoms with E-state index in [4.69, 9.17) is 9.73 Å². The van der Waals surface area contributed by atoms with Crippen molar-refractivity contribution in [2.45, 2.75) is 79.6 Å². The summed E-state index contributed by atoms with van der Waals surface area (Å²) in [7, 11) is 0. The van der Waals surface area contributed by atoms with Gasteiger partial charge in [-0.05, 0) is 76.3 Å². The van der Waals surface area contributed by atoms with Crippen molar-refractivity contribution in [3.63, 3.8) is 0 Å². The predicted octanol–water partition coefficient (Wildman–Crippen LogP) is 8.38. The number of ether oxygens (including phenoxy) is 1. The third kappa shape index (κ3) is 10.3. The van der Waals surface area contributed by atoms with E-state index in [1.54, 1.807) is 0 Å². The zero-order valence-corrected chi connectivity index (χ0v) is 20.9. The maximum absolute atomic E-state index is 13.0. The molecule has 3 nitrogen and oxygen atoms in total. The molecule has 1 unspecified atom stereocenters. The normalized spacial score (nSPS) is 13.6. The summed E-state index contributed by atoms with van der Waals surface area (Å²) in [5.74, 6) is 1.43. The van der Waals surface area contributed by atoms with Gasteiger partial charge in [0.05, 0.1) is 12.5 Å². The minimum atomic E-state index is -0.266. The number of ketones is 1. The van der Waals surface area contributed by atoms with Gasteiger partial charge in [-0.25, -0.2) is 0 Å². The Morgan fingerprint density at radius 2 is 1.81 bits per heavy atom. The molecule has 1 aromatic rings. The van der Waals surface area contributed by atoms with Crippen LogP contribution in [-0.2, 0) is 0 Å². The number of nitrogens with zero attached hydrogens (tertiary/aromatic N) is 1. The first kappa shape index (κ1) is 27.6. The van der Waals surface area contributed by atoms with Crippen LogP contribution in [-0.4, -0.2) is 18.1 Å². The lowest BCUT2D eigenvalue weighted by molar-refractivity contribution is 0.0961. The van der Waals surface area contributed by atoms with Gasteiger partial charge in [0.15, 0.2) is 5.78 Å². The van der Waals surface area contributed by atoms with Gasteiger partial charge in [0, 0.05) is 17.0 Å². The van der Waals surface area contributed by atoms with E-state index in [0.29, 0.717) is 12.2 Å². The van der Waals surface area contributed by atoms with E-state index in [1.807, 2.05) is 57.2 Å². The molecule has 1 rings (SSSR count). The number of hydrogen-bond donors (Lipinski definition) is 0. The van der Waals surface area contributed by atoms with Crippen LogP contribution in [0, 0.1) is 11.8 Å². The number of carbonyl (C=O) groups excluding carboxylic acids is 1. The molecule has 32 heavy (non-hydrogen) atoms. The monoisotopic (exact) mass is 437 g/mol. The summed E-state index contributed by atoms with van der Waals surface area (Å²) in [4.78, 5) is 17.9. The third-order valence-corrected chi connectivity index (χ3v) is 5.97. The molecule has 0 fully saturated rings. The summed E-state index contributed by atoms with van der Waals surface area (Å²) in [6, 6.07) is 7.38. The molecule has 0 aliphatic heterocycles. The van der Waals surface area contributed by atoms with E-state index >= 15 is 0 Å². The van der Waals surface area contributed by atoms with Crippen LogP contribution in [0.5, 0.6) is 5.75 Å². The van der Waals surface area contributed by atoms with Crippen LogP contribution in [0.1, 0.15) is 89.9 Å². The first-order valence-corrected chi connectivity index (χ1v) is 12.2. The molecule has 0 aliphatic carbocycles. The van der Waals surface area contributed by atoms with Gasteiger partial charge in [-0.2, -0.15) is 0 Å². The second-order valence-electron chi connectivity index (χ2n) is 8.34. The zero-order valence-electron chi connectivity index (χ0n) is 20.9. The highest BCUT2D eigenvalue weighted by Gasteiger charge is 2.18. The van der Waals surface area contributed by atoms with Crippen molar-refractivity contribution in [2.24, 2.45) is 16.8 Å². The highest BCUT2D eigenvalue weighted by atomic mass is 16.5. The van der Waals surface area contributed by atoms with E-state index < -0.39 is 0 Å². The van der Waals surface area contributed by atoms with Gasteiger partial charge < -0.3 is 4.74 Å². The lowest BCUT2D eigenvalue weighted by Gasteiger charge is -2.13. The van der Waals surface area contributed by atoms with E-state index in [0.717, 1.165) is 42.3 Å². The number of allylic oxidation sites excluding steroid dienone is 5. The molecule has 1 aromatic carbocycles. The quantitative estimate of drug-likeness (QED) is 0.0856. The van der Waals surface area contributed by atoms with Crippen molar-refractivity contribution in [1.82, 2.24) is 0 Å².